The molecule has 0 aromatic rings. The molecule has 4 bridgehead atoms. The zero-order valence-electron chi connectivity index (χ0n) is 11.0. The summed E-state index contributed by atoms with van der Waals surface area (Å²) in [5.41, 5.74) is 0. The van der Waals surface area contributed by atoms with E-state index < -0.39 is 0 Å². The lowest BCUT2D eigenvalue weighted by Crippen LogP contribution is -2.57. The van der Waals surface area contributed by atoms with Gasteiger partial charge in [-0.2, -0.15) is 5.26 Å². The Balaban J connectivity index is 1.70. The second kappa shape index (κ2) is 4.28. The predicted octanol–water partition coefficient (Wildman–Crippen LogP) is 2.95. The van der Waals surface area contributed by atoms with Crippen molar-refractivity contribution in [3.8, 4) is 6.07 Å². The average molecular weight is 232 g/mol. The fourth-order valence-corrected chi connectivity index (χ4v) is 4.78. The molecule has 4 fully saturated rings. The average Bonchev–Trinajstić information content (AvgIpc) is 2.27. The van der Waals surface area contributed by atoms with E-state index in [1.165, 1.54) is 32.1 Å². The monoisotopic (exact) mass is 232 g/mol. The topological polar surface area (TPSA) is 35.8 Å². The second-order valence-electron chi connectivity index (χ2n) is 6.97. The molecule has 4 rings (SSSR count). The standard InChI is InChI=1S/C15H24N2/c1-9(2)14(8-16)17-15-12-4-10-3-11(6-12)7-13(15)5-10/h9-15,17H,3-7H2,1-2H3. The SMILES string of the molecule is CC(C)C(C#N)NC1C2CC3CC(C2)CC1C3. The van der Waals surface area contributed by atoms with E-state index in [1.807, 2.05) is 0 Å². The number of rotatable bonds is 3. The van der Waals surface area contributed by atoms with Gasteiger partial charge in [0.1, 0.15) is 0 Å². The fraction of sp³-hybridized carbons (Fsp3) is 0.933. The largest absolute Gasteiger partial charge is 0.298 e. The lowest BCUT2D eigenvalue weighted by atomic mass is 9.54. The van der Waals surface area contributed by atoms with Crippen LogP contribution in [0.25, 0.3) is 0 Å². The van der Waals surface area contributed by atoms with E-state index >= 15 is 0 Å². The molecule has 0 aromatic heterocycles. The summed E-state index contributed by atoms with van der Waals surface area (Å²) in [7, 11) is 0. The van der Waals surface area contributed by atoms with Crippen LogP contribution in [-0.4, -0.2) is 12.1 Å². The van der Waals surface area contributed by atoms with Gasteiger partial charge in [0.25, 0.3) is 0 Å². The maximum absolute atomic E-state index is 9.24. The van der Waals surface area contributed by atoms with Gasteiger partial charge in [-0.25, -0.2) is 0 Å². The Labute approximate surface area is 105 Å². The maximum Gasteiger partial charge on any atom is 0.0978 e. The van der Waals surface area contributed by atoms with Gasteiger partial charge in [0.05, 0.1) is 12.1 Å². The summed E-state index contributed by atoms with van der Waals surface area (Å²) in [6.45, 7) is 4.30. The molecule has 2 nitrogen and oxygen atoms in total. The van der Waals surface area contributed by atoms with E-state index in [2.05, 4.69) is 25.2 Å². The Hall–Kier alpha value is -0.550. The van der Waals surface area contributed by atoms with Crippen LogP contribution in [0.15, 0.2) is 0 Å². The van der Waals surface area contributed by atoms with E-state index in [4.69, 9.17) is 0 Å². The number of nitrogens with zero attached hydrogens (tertiary/aromatic N) is 1. The number of hydrogen-bond donors (Lipinski definition) is 1. The number of nitriles is 1. The first-order valence-corrected chi connectivity index (χ1v) is 7.33. The minimum absolute atomic E-state index is 0.0533. The Bertz CT molecular complexity index is 300. The fourth-order valence-electron chi connectivity index (χ4n) is 4.78. The summed E-state index contributed by atoms with van der Waals surface area (Å²) in [5.74, 6) is 4.23. The normalized spacial score (nSPS) is 44.9. The minimum Gasteiger partial charge on any atom is -0.298 e. The van der Waals surface area contributed by atoms with Gasteiger partial charge < -0.3 is 0 Å². The second-order valence-corrected chi connectivity index (χ2v) is 6.97. The first-order valence-electron chi connectivity index (χ1n) is 7.33. The van der Waals surface area contributed by atoms with Gasteiger partial charge in [-0.05, 0) is 61.7 Å². The molecule has 1 atom stereocenters. The zero-order chi connectivity index (χ0) is 12.0. The van der Waals surface area contributed by atoms with Crippen LogP contribution in [0, 0.1) is 40.9 Å². The van der Waals surface area contributed by atoms with Crippen molar-refractivity contribution in [3.63, 3.8) is 0 Å². The van der Waals surface area contributed by atoms with Crippen molar-refractivity contribution in [2.45, 2.75) is 58.0 Å². The van der Waals surface area contributed by atoms with Crippen molar-refractivity contribution in [2.24, 2.45) is 29.6 Å². The van der Waals surface area contributed by atoms with Crippen molar-refractivity contribution < 1.29 is 0 Å². The highest BCUT2D eigenvalue weighted by Gasteiger charge is 2.48. The van der Waals surface area contributed by atoms with Crippen molar-refractivity contribution in [2.75, 3.05) is 0 Å². The van der Waals surface area contributed by atoms with E-state index in [1.54, 1.807) is 0 Å². The van der Waals surface area contributed by atoms with E-state index in [-0.39, 0.29) is 6.04 Å². The molecule has 4 saturated carbocycles. The van der Waals surface area contributed by atoms with E-state index in [9.17, 15) is 5.26 Å². The molecular weight excluding hydrogens is 208 g/mol. The smallest absolute Gasteiger partial charge is 0.0978 e. The molecule has 2 heteroatoms. The summed E-state index contributed by atoms with van der Waals surface area (Å²) < 4.78 is 0. The highest BCUT2D eigenvalue weighted by atomic mass is 15.0. The lowest BCUT2D eigenvalue weighted by Gasteiger charge is -2.55. The quantitative estimate of drug-likeness (QED) is 0.812. The number of hydrogen-bond acceptors (Lipinski definition) is 2. The molecule has 0 radical (unpaired) electrons. The van der Waals surface area contributed by atoms with Crippen LogP contribution in [0.4, 0.5) is 0 Å². The van der Waals surface area contributed by atoms with Crippen molar-refractivity contribution >= 4 is 0 Å². The third kappa shape index (κ3) is 1.99. The summed E-state index contributed by atoms with van der Waals surface area (Å²) >= 11 is 0. The Morgan fingerprint density at radius 3 is 1.94 bits per heavy atom. The first-order chi connectivity index (χ1) is 8.17. The molecule has 4 aliphatic rings. The van der Waals surface area contributed by atoms with E-state index in [0.29, 0.717) is 12.0 Å². The molecular formula is C15H24N2. The Kier molecular flexibility index (Phi) is 2.91. The van der Waals surface area contributed by atoms with Crippen LogP contribution >= 0.6 is 0 Å². The summed E-state index contributed by atoms with van der Waals surface area (Å²) in [6, 6.07) is 3.15. The van der Waals surface area contributed by atoms with Gasteiger partial charge in [-0.1, -0.05) is 13.8 Å². The summed E-state index contributed by atoms with van der Waals surface area (Å²) in [4.78, 5) is 0. The molecule has 17 heavy (non-hydrogen) atoms. The maximum atomic E-state index is 9.24. The molecule has 1 N–H and O–H groups in total. The van der Waals surface area contributed by atoms with Gasteiger partial charge >= 0.3 is 0 Å². The molecule has 1 unspecified atom stereocenters. The zero-order valence-corrected chi connectivity index (χ0v) is 11.0. The van der Waals surface area contributed by atoms with Gasteiger partial charge in [0.15, 0.2) is 0 Å². The summed E-state index contributed by atoms with van der Waals surface area (Å²) in [6.07, 6.45) is 7.23. The minimum atomic E-state index is 0.0533. The van der Waals surface area contributed by atoms with Gasteiger partial charge in [-0.3, -0.25) is 5.32 Å². The van der Waals surface area contributed by atoms with Crippen molar-refractivity contribution in [1.82, 2.24) is 5.32 Å². The molecule has 0 heterocycles. The highest BCUT2D eigenvalue weighted by Crippen LogP contribution is 2.53. The third-order valence-electron chi connectivity index (χ3n) is 5.40. The van der Waals surface area contributed by atoms with Crippen LogP contribution in [0.2, 0.25) is 0 Å². The molecule has 94 valence electrons. The third-order valence-corrected chi connectivity index (χ3v) is 5.40. The molecule has 0 saturated heterocycles. The van der Waals surface area contributed by atoms with Crippen molar-refractivity contribution in [3.05, 3.63) is 0 Å². The molecule has 0 spiro atoms. The van der Waals surface area contributed by atoms with Crippen LogP contribution < -0.4 is 5.32 Å². The van der Waals surface area contributed by atoms with Crippen molar-refractivity contribution in [1.29, 1.82) is 5.26 Å². The molecule has 0 aliphatic heterocycles. The van der Waals surface area contributed by atoms with Gasteiger partial charge in [0.2, 0.25) is 0 Å². The predicted molar refractivity (Wildman–Crippen MR) is 68.2 cm³/mol. The lowest BCUT2D eigenvalue weighted by molar-refractivity contribution is -0.0171. The van der Waals surface area contributed by atoms with Crippen LogP contribution in [0.5, 0.6) is 0 Å². The Morgan fingerprint density at radius 2 is 1.53 bits per heavy atom. The highest BCUT2D eigenvalue weighted by molar-refractivity contribution is 5.04. The molecule has 0 aromatic carbocycles. The first kappa shape index (κ1) is 11.5. The van der Waals surface area contributed by atoms with Crippen LogP contribution in [0.3, 0.4) is 0 Å². The van der Waals surface area contributed by atoms with Crippen LogP contribution in [-0.2, 0) is 0 Å². The number of nitrogens with one attached hydrogen (secondary N) is 1. The summed E-state index contributed by atoms with van der Waals surface area (Å²) in [5, 5.41) is 12.9. The van der Waals surface area contributed by atoms with Gasteiger partial charge in [-0.15, -0.1) is 0 Å². The van der Waals surface area contributed by atoms with E-state index in [0.717, 1.165) is 23.7 Å². The molecule has 0 amide bonds. The molecule has 4 aliphatic carbocycles. The van der Waals surface area contributed by atoms with Crippen LogP contribution in [0.1, 0.15) is 46.0 Å². The Morgan fingerprint density at radius 1 is 1.00 bits per heavy atom. The van der Waals surface area contributed by atoms with Gasteiger partial charge in [0, 0.05) is 6.04 Å².